The maximum absolute atomic E-state index is 13.3. The van der Waals surface area contributed by atoms with E-state index in [-0.39, 0.29) is 15.1 Å². The summed E-state index contributed by atoms with van der Waals surface area (Å²) in [5.74, 6) is 1.88. The van der Waals surface area contributed by atoms with Gasteiger partial charge in [0.15, 0.2) is 0 Å². The largest absolute Gasteiger partial charge is 0.396 e. The third-order valence-corrected chi connectivity index (χ3v) is 6.17. The Bertz CT molecular complexity index is 679. The number of halogens is 2. The molecule has 8 heteroatoms. The lowest BCUT2D eigenvalue weighted by Crippen LogP contribution is -2.48. The lowest BCUT2D eigenvalue weighted by atomic mass is 10.3. The monoisotopic (exact) mass is 375 g/mol. The van der Waals surface area contributed by atoms with E-state index in [1.54, 1.807) is 0 Å². The molecular weight excluding hydrogens is 361 g/mol. The molecule has 0 aromatic heterocycles. The molecule has 1 saturated heterocycles. The number of rotatable bonds is 3. The SMILES string of the molecule is C#CCN1CCN(S(=O)(=O)c2cc(N)c(F)cc2Br)CC1. The molecule has 1 aliphatic rings. The van der Waals surface area contributed by atoms with E-state index in [0.29, 0.717) is 32.7 Å². The molecule has 21 heavy (non-hydrogen) atoms. The third-order valence-electron chi connectivity index (χ3n) is 3.32. The van der Waals surface area contributed by atoms with Gasteiger partial charge in [0.1, 0.15) is 5.82 Å². The van der Waals surface area contributed by atoms with E-state index in [1.807, 2.05) is 4.90 Å². The van der Waals surface area contributed by atoms with Gasteiger partial charge in [-0.3, -0.25) is 4.90 Å². The van der Waals surface area contributed by atoms with E-state index < -0.39 is 15.8 Å². The first-order valence-corrected chi connectivity index (χ1v) is 8.50. The van der Waals surface area contributed by atoms with Crippen molar-refractivity contribution in [2.45, 2.75) is 4.90 Å². The summed E-state index contributed by atoms with van der Waals surface area (Å²) in [7, 11) is -3.71. The fourth-order valence-corrected chi connectivity index (χ4v) is 4.57. The van der Waals surface area contributed by atoms with Gasteiger partial charge in [-0.2, -0.15) is 4.31 Å². The van der Waals surface area contributed by atoms with Crippen LogP contribution in [-0.2, 0) is 10.0 Å². The first-order chi connectivity index (χ1) is 9.86. The van der Waals surface area contributed by atoms with Gasteiger partial charge in [0.05, 0.1) is 17.1 Å². The summed E-state index contributed by atoms with van der Waals surface area (Å²) < 4.78 is 40.1. The molecule has 0 unspecified atom stereocenters. The predicted octanol–water partition coefficient (Wildman–Crippen LogP) is 1.11. The molecule has 0 aliphatic carbocycles. The molecule has 5 nitrogen and oxygen atoms in total. The number of benzene rings is 1. The molecule has 0 saturated carbocycles. The lowest BCUT2D eigenvalue weighted by molar-refractivity contribution is 0.207. The van der Waals surface area contributed by atoms with Gasteiger partial charge in [-0.25, -0.2) is 12.8 Å². The maximum atomic E-state index is 13.3. The van der Waals surface area contributed by atoms with Crippen LogP contribution in [0.3, 0.4) is 0 Å². The van der Waals surface area contributed by atoms with Crippen LogP contribution in [0.25, 0.3) is 0 Å². The van der Waals surface area contributed by atoms with Gasteiger partial charge < -0.3 is 5.73 Å². The summed E-state index contributed by atoms with van der Waals surface area (Å²) in [6.45, 7) is 2.32. The fraction of sp³-hybridized carbons (Fsp3) is 0.385. The summed E-state index contributed by atoms with van der Waals surface area (Å²) in [5.41, 5.74) is 5.28. The van der Waals surface area contributed by atoms with Gasteiger partial charge in [-0.15, -0.1) is 6.42 Å². The second-order valence-corrected chi connectivity index (χ2v) is 7.45. The van der Waals surface area contributed by atoms with E-state index in [1.165, 1.54) is 4.31 Å². The predicted molar refractivity (Wildman–Crippen MR) is 82.5 cm³/mol. The quantitative estimate of drug-likeness (QED) is 0.634. The van der Waals surface area contributed by atoms with E-state index in [2.05, 4.69) is 21.9 Å². The van der Waals surface area contributed by atoms with Gasteiger partial charge in [0.2, 0.25) is 10.0 Å². The number of anilines is 1. The summed E-state index contributed by atoms with van der Waals surface area (Å²) in [5, 5.41) is 0. The molecule has 0 atom stereocenters. The van der Waals surface area contributed by atoms with Crippen LogP contribution in [0.4, 0.5) is 10.1 Å². The Morgan fingerprint density at radius 2 is 1.95 bits per heavy atom. The molecule has 0 spiro atoms. The van der Waals surface area contributed by atoms with Gasteiger partial charge >= 0.3 is 0 Å². The topological polar surface area (TPSA) is 66.6 Å². The van der Waals surface area contributed by atoms with Gasteiger partial charge in [-0.05, 0) is 28.1 Å². The van der Waals surface area contributed by atoms with Gasteiger partial charge in [0.25, 0.3) is 0 Å². The molecule has 1 aromatic rings. The lowest BCUT2D eigenvalue weighted by Gasteiger charge is -2.33. The summed E-state index contributed by atoms with van der Waals surface area (Å²) in [6.07, 6.45) is 5.24. The third kappa shape index (κ3) is 3.37. The maximum Gasteiger partial charge on any atom is 0.244 e. The Hall–Kier alpha value is -1.14. The number of piperazine rings is 1. The molecular formula is C13H15BrFN3O2S. The van der Waals surface area contributed by atoms with Crippen molar-refractivity contribution < 1.29 is 12.8 Å². The smallest absolute Gasteiger partial charge is 0.244 e. The van der Waals surface area contributed by atoms with Crippen molar-refractivity contribution >= 4 is 31.6 Å². The first kappa shape index (κ1) is 16.2. The van der Waals surface area contributed by atoms with E-state index in [9.17, 15) is 12.8 Å². The number of terminal acetylenes is 1. The Morgan fingerprint density at radius 1 is 1.33 bits per heavy atom. The van der Waals surface area contributed by atoms with Crippen LogP contribution >= 0.6 is 15.9 Å². The van der Waals surface area contributed by atoms with Crippen molar-refractivity contribution in [3.8, 4) is 12.3 Å². The minimum Gasteiger partial charge on any atom is -0.396 e. The van der Waals surface area contributed by atoms with E-state index in [0.717, 1.165) is 12.1 Å². The minimum atomic E-state index is -3.71. The standard InChI is InChI=1S/C13H15BrFN3O2S/c1-2-3-17-4-6-18(7-5-17)21(19,20)13-9-12(16)11(15)8-10(13)14/h1,8-9H,3-7,16H2. The van der Waals surface area contributed by atoms with Crippen molar-refractivity contribution in [3.63, 3.8) is 0 Å². The molecule has 0 bridgehead atoms. The number of hydrogen-bond donors (Lipinski definition) is 1. The van der Waals surface area contributed by atoms with Crippen molar-refractivity contribution in [3.05, 3.63) is 22.4 Å². The van der Waals surface area contributed by atoms with E-state index in [4.69, 9.17) is 12.2 Å². The van der Waals surface area contributed by atoms with Crippen LogP contribution in [0.5, 0.6) is 0 Å². The number of nitrogen functional groups attached to an aromatic ring is 1. The number of nitrogens with two attached hydrogens (primary N) is 1. The highest BCUT2D eigenvalue weighted by Gasteiger charge is 2.30. The molecule has 114 valence electrons. The zero-order chi connectivity index (χ0) is 15.6. The van der Waals surface area contributed by atoms with E-state index >= 15 is 0 Å². The van der Waals surface area contributed by atoms with Crippen LogP contribution in [0.15, 0.2) is 21.5 Å². The summed E-state index contributed by atoms with van der Waals surface area (Å²) in [6, 6.07) is 2.21. The molecule has 1 aromatic carbocycles. The molecule has 1 aliphatic heterocycles. The van der Waals surface area contributed by atoms with Crippen molar-refractivity contribution in [2.75, 3.05) is 38.5 Å². The second-order valence-electron chi connectivity index (χ2n) is 4.69. The average molecular weight is 376 g/mol. The van der Waals surface area contributed by atoms with Crippen LogP contribution in [0.1, 0.15) is 0 Å². The molecule has 0 radical (unpaired) electrons. The Morgan fingerprint density at radius 3 is 2.52 bits per heavy atom. The molecule has 1 fully saturated rings. The normalized spacial score (nSPS) is 17.6. The number of hydrogen-bond acceptors (Lipinski definition) is 4. The molecule has 2 rings (SSSR count). The zero-order valence-electron chi connectivity index (χ0n) is 11.2. The average Bonchev–Trinajstić information content (AvgIpc) is 2.43. The fourth-order valence-electron chi connectivity index (χ4n) is 2.14. The zero-order valence-corrected chi connectivity index (χ0v) is 13.6. The Labute approximate surface area is 132 Å². The highest BCUT2D eigenvalue weighted by molar-refractivity contribution is 9.10. The van der Waals surface area contributed by atoms with Gasteiger partial charge in [-0.1, -0.05) is 5.92 Å². The summed E-state index contributed by atoms with van der Waals surface area (Å²) >= 11 is 3.08. The molecule has 0 amide bonds. The highest BCUT2D eigenvalue weighted by atomic mass is 79.9. The molecule has 1 heterocycles. The highest BCUT2D eigenvalue weighted by Crippen LogP contribution is 2.29. The van der Waals surface area contributed by atoms with Gasteiger partial charge in [0, 0.05) is 30.7 Å². The van der Waals surface area contributed by atoms with Crippen molar-refractivity contribution in [2.24, 2.45) is 0 Å². The molecule has 2 N–H and O–H groups in total. The number of sulfonamides is 1. The van der Waals surface area contributed by atoms with Crippen LogP contribution in [-0.4, -0.2) is 50.3 Å². The van der Waals surface area contributed by atoms with Crippen LogP contribution < -0.4 is 5.73 Å². The first-order valence-electron chi connectivity index (χ1n) is 6.26. The number of nitrogens with zero attached hydrogens (tertiary/aromatic N) is 2. The Kier molecular flexibility index (Phi) is 4.88. The van der Waals surface area contributed by atoms with Crippen LogP contribution in [0, 0.1) is 18.2 Å². The van der Waals surface area contributed by atoms with Crippen molar-refractivity contribution in [1.82, 2.24) is 9.21 Å². The Balaban J connectivity index is 2.24. The summed E-state index contributed by atoms with van der Waals surface area (Å²) in [4.78, 5) is 1.98. The minimum absolute atomic E-state index is 0.0215. The second kappa shape index (κ2) is 6.32. The van der Waals surface area contributed by atoms with Crippen LogP contribution in [0.2, 0.25) is 0 Å². The van der Waals surface area contributed by atoms with Crippen molar-refractivity contribution in [1.29, 1.82) is 0 Å².